The topological polar surface area (TPSA) is 76.1 Å². The van der Waals surface area contributed by atoms with E-state index in [1.54, 1.807) is 20.1 Å². The van der Waals surface area contributed by atoms with Gasteiger partial charge in [-0.3, -0.25) is 4.79 Å². The van der Waals surface area contributed by atoms with Gasteiger partial charge in [-0.15, -0.1) is 0 Å². The van der Waals surface area contributed by atoms with E-state index in [1.807, 2.05) is 54.6 Å². The van der Waals surface area contributed by atoms with Gasteiger partial charge in [-0.2, -0.15) is 0 Å². The quantitative estimate of drug-likeness (QED) is 0.630. The summed E-state index contributed by atoms with van der Waals surface area (Å²) in [6, 6.07) is 19.4. The van der Waals surface area contributed by atoms with Crippen LogP contribution in [0, 0.1) is 6.92 Å². The summed E-state index contributed by atoms with van der Waals surface area (Å²) >= 11 is 0. The molecule has 1 amide bonds. The molecule has 0 spiro atoms. The van der Waals surface area contributed by atoms with Crippen molar-refractivity contribution in [1.29, 1.82) is 0 Å². The molecule has 3 aromatic rings. The van der Waals surface area contributed by atoms with Gasteiger partial charge >= 0.3 is 0 Å². The lowest BCUT2D eigenvalue weighted by Crippen LogP contribution is -2.24. The van der Waals surface area contributed by atoms with Gasteiger partial charge in [0.15, 0.2) is 0 Å². The lowest BCUT2D eigenvalue weighted by atomic mass is 10.1. The fourth-order valence-electron chi connectivity index (χ4n) is 2.88. The smallest absolute Gasteiger partial charge is 0.270 e. The highest BCUT2D eigenvalue weighted by atomic mass is 16.5. The molecule has 0 fully saturated rings. The summed E-state index contributed by atoms with van der Waals surface area (Å²) in [6.07, 6.45) is 0.780. The largest absolute Gasteiger partial charge is 0.496 e. The zero-order valence-electron chi connectivity index (χ0n) is 16.1. The van der Waals surface area contributed by atoms with Crippen LogP contribution in [0.3, 0.4) is 0 Å². The van der Waals surface area contributed by atoms with Crippen LogP contribution in [0.15, 0.2) is 60.7 Å². The van der Waals surface area contributed by atoms with E-state index in [-0.39, 0.29) is 5.91 Å². The van der Waals surface area contributed by atoms with Crippen molar-refractivity contribution in [3.8, 4) is 5.75 Å². The molecule has 0 radical (unpaired) electrons. The van der Waals surface area contributed by atoms with Crippen LogP contribution in [-0.2, 0) is 13.0 Å². The van der Waals surface area contributed by atoms with Crippen LogP contribution in [0.5, 0.6) is 5.75 Å². The molecular formula is C22H24N4O2. The predicted octanol–water partition coefficient (Wildman–Crippen LogP) is 3.38. The summed E-state index contributed by atoms with van der Waals surface area (Å²) in [6.45, 7) is 2.90. The number of methoxy groups -OCH3 is 1. The monoisotopic (exact) mass is 376 g/mol. The van der Waals surface area contributed by atoms with Gasteiger partial charge in [0.1, 0.15) is 23.1 Å². The second-order valence-corrected chi connectivity index (χ2v) is 6.34. The summed E-state index contributed by atoms with van der Waals surface area (Å²) in [5, 5.41) is 6.16. The number of hydrogen-bond acceptors (Lipinski definition) is 5. The number of ether oxygens (including phenoxy) is 1. The fourth-order valence-corrected chi connectivity index (χ4v) is 2.88. The maximum atomic E-state index is 12.5. The Balaban J connectivity index is 1.60. The molecule has 0 saturated heterocycles. The van der Waals surface area contributed by atoms with Crippen molar-refractivity contribution in [3.63, 3.8) is 0 Å². The van der Waals surface area contributed by atoms with E-state index in [4.69, 9.17) is 4.74 Å². The number of benzene rings is 2. The molecule has 2 N–H and O–H groups in total. The first kappa shape index (κ1) is 19.4. The van der Waals surface area contributed by atoms with Gasteiger partial charge in [-0.05, 0) is 30.5 Å². The standard InChI is InChI=1S/C22H24N4O2/c1-16-25-19(22(27)24-15-17-8-4-3-5-9-17)14-21(26-16)23-13-12-18-10-6-7-11-20(18)28-2/h3-11,14H,12-13,15H2,1-2H3,(H,24,27)(H,23,25,26). The fraction of sp³-hybridized carbons (Fsp3) is 0.227. The minimum absolute atomic E-state index is 0.220. The molecule has 28 heavy (non-hydrogen) atoms. The van der Waals surface area contributed by atoms with Gasteiger partial charge in [0.25, 0.3) is 5.91 Å². The number of amides is 1. The molecule has 6 nitrogen and oxygen atoms in total. The number of nitrogens with zero attached hydrogens (tertiary/aromatic N) is 2. The summed E-state index contributed by atoms with van der Waals surface area (Å²) in [7, 11) is 1.67. The third-order valence-corrected chi connectivity index (χ3v) is 4.26. The highest BCUT2D eigenvalue weighted by Gasteiger charge is 2.10. The molecule has 1 heterocycles. The minimum Gasteiger partial charge on any atom is -0.496 e. The van der Waals surface area contributed by atoms with Crippen molar-refractivity contribution in [1.82, 2.24) is 15.3 Å². The Morgan fingerprint density at radius 1 is 1.04 bits per heavy atom. The van der Waals surface area contributed by atoms with Gasteiger partial charge in [-0.1, -0.05) is 48.5 Å². The van der Waals surface area contributed by atoms with Gasteiger partial charge in [-0.25, -0.2) is 9.97 Å². The Hall–Kier alpha value is -3.41. The van der Waals surface area contributed by atoms with Gasteiger partial charge in [0, 0.05) is 19.2 Å². The number of rotatable bonds is 8. The molecule has 0 saturated carbocycles. The lowest BCUT2D eigenvalue weighted by molar-refractivity contribution is 0.0945. The molecule has 1 aromatic heterocycles. The van der Waals surface area contributed by atoms with Crippen molar-refractivity contribution in [3.05, 3.63) is 83.3 Å². The molecular weight excluding hydrogens is 352 g/mol. The Kier molecular flexibility index (Phi) is 6.57. The third-order valence-electron chi connectivity index (χ3n) is 4.26. The number of para-hydroxylation sites is 1. The van der Waals surface area contributed by atoms with Crippen molar-refractivity contribution >= 4 is 11.7 Å². The highest BCUT2D eigenvalue weighted by Crippen LogP contribution is 2.18. The number of carbonyl (C=O) groups is 1. The van der Waals surface area contributed by atoms with Crippen LogP contribution in [0.2, 0.25) is 0 Å². The summed E-state index contributed by atoms with van der Waals surface area (Å²) in [5.74, 6) is 1.82. The second kappa shape index (κ2) is 9.50. The average molecular weight is 376 g/mol. The number of hydrogen-bond donors (Lipinski definition) is 2. The SMILES string of the molecule is COc1ccccc1CCNc1cc(C(=O)NCc2ccccc2)nc(C)n1. The van der Waals surface area contributed by atoms with E-state index in [2.05, 4.69) is 20.6 Å². The molecule has 3 rings (SSSR count). The van der Waals surface area contributed by atoms with Crippen LogP contribution in [0.4, 0.5) is 5.82 Å². The van der Waals surface area contributed by atoms with Crippen LogP contribution in [-0.4, -0.2) is 29.5 Å². The average Bonchev–Trinajstić information content (AvgIpc) is 2.72. The molecule has 0 atom stereocenters. The van der Waals surface area contributed by atoms with Crippen LogP contribution < -0.4 is 15.4 Å². The van der Waals surface area contributed by atoms with Gasteiger partial charge in [0.05, 0.1) is 7.11 Å². The molecule has 2 aromatic carbocycles. The number of nitrogens with one attached hydrogen (secondary N) is 2. The van der Waals surface area contributed by atoms with Crippen molar-refractivity contribution < 1.29 is 9.53 Å². The Bertz CT molecular complexity index is 929. The zero-order valence-corrected chi connectivity index (χ0v) is 16.1. The maximum absolute atomic E-state index is 12.5. The Morgan fingerprint density at radius 2 is 1.79 bits per heavy atom. The van der Waals surface area contributed by atoms with Crippen LogP contribution >= 0.6 is 0 Å². The second-order valence-electron chi connectivity index (χ2n) is 6.34. The van der Waals surface area contributed by atoms with E-state index in [1.165, 1.54) is 0 Å². The molecule has 6 heteroatoms. The van der Waals surface area contributed by atoms with E-state index in [9.17, 15) is 4.79 Å². The van der Waals surface area contributed by atoms with Crippen LogP contribution in [0.1, 0.15) is 27.4 Å². The number of aryl methyl sites for hydroxylation is 1. The Labute approximate surface area is 165 Å². The van der Waals surface area contributed by atoms with Crippen LogP contribution in [0.25, 0.3) is 0 Å². The molecule has 0 aliphatic heterocycles. The molecule has 0 aliphatic rings. The predicted molar refractivity (Wildman–Crippen MR) is 110 cm³/mol. The summed E-state index contributed by atoms with van der Waals surface area (Å²) < 4.78 is 5.37. The van der Waals surface area contributed by atoms with Gasteiger partial charge in [0.2, 0.25) is 0 Å². The van der Waals surface area contributed by atoms with E-state index < -0.39 is 0 Å². The van der Waals surface area contributed by atoms with E-state index >= 15 is 0 Å². The number of aromatic nitrogens is 2. The normalized spacial score (nSPS) is 10.4. The van der Waals surface area contributed by atoms with Crippen molar-refractivity contribution in [2.45, 2.75) is 19.9 Å². The zero-order chi connectivity index (χ0) is 19.8. The highest BCUT2D eigenvalue weighted by molar-refractivity contribution is 5.92. The molecule has 0 bridgehead atoms. The Morgan fingerprint density at radius 3 is 2.57 bits per heavy atom. The maximum Gasteiger partial charge on any atom is 0.270 e. The number of anilines is 1. The molecule has 0 aliphatic carbocycles. The summed E-state index contributed by atoms with van der Waals surface area (Å²) in [5.41, 5.74) is 2.50. The van der Waals surface area contributed by atoms with Gasteiger partial charge < -0.3 is 15.4 Å². The lowest BCUT2D eigenvalue weighted by Gasteiger charge is -2.11. The molecule has 144 valence electrons. The molecule has 0 unspecified atom stereocenters. The van der Waals surface area contributed by atoms with E-state index in [0.717, 1.165) is 23.3 Å². The first-order valence-corrected chi connectivity index (χ1v) is 9.19. The number of carbonyl (C=O) groups excluding carboxylic acids is 1. The third kappa shape index (κ3) is 5.30. The van der Waals surface area contributed by atoms with Crippen molar-refractivity contribution in [2.75, 3.05) is 19.0 Å². The van der Waals surface area contributed by atoms with E-state index in [0.29, 0.717) is 30.4 Å². The minimum atomic E-state index is -0.220. The van der Waals surface area contributed by atoms with Crippen molar-refractivity contribution in [2.24, 2.45) is 0 Å². The summed E-state index contributed by atoms with van der Waals surface area (Å²) in [4.78, 5) is 21.1. The first-order valence-electron chi connectivity index (χ1n) is 9.19. The first-order chi connectivity index (χ1) is 13.7.